The molecule has 0 bridgehead atoms. The van der Waals surface area contributed by atoms with Gasteiger partial charge in [-0.25, -0.2) is 0 Å². The molecule has 1 amide bonds. The van der Waals surface area contributed by atoms with Crippen molar-refractivity contribution in [3.63, 3.8) is 0 Å². The van der Waals surface area contributed by atoms with Gasteiger partial charge >= 0.3 is 0 Å². The first kappa shape index (κ1) is 29.6. The second kappa shape index (κ2) is 12.4. The number of carbonyl (C=O) groups excluding carboxylic acids is 1. The molecular formula is C25H46N6O7. The quantitative estimate of drug-likeness (QED) is 0.123. The highest BCUT2D eigenvalue weighted by molar-refractivity contribution is 5.47. The van der Waals surface area contributed by atoms with Crippen LogP contribution in [0.4, 0.5) is 0 Å². The summed E-state index contributed by atoms with van der Waals surface area (Å²) in [6.45, 7) is 2.47. The van der Waals surface area contributed by atoms with Crippen LogP contribution in [0.5, 0.6) is 0 Å². The number of aliphatic hydroxyl groups excluding tert-OH is 2. The number of nitrogens with one attached hydrogen (secondary N) is 3. The van der Waals surface area contributed by atoms with Crippen LogP contribution in [0.1, 0.15) is 32.6 Å². The number of amides is 1. The number of nitrogens with two attached hydrogens (primary N) is 3. The minimum atomic E-state index is -1.32. The van der Waals surface area contributed by atoms with Crippen LogP contribution in [0.25, 0.3) is 0 Å². The second-order valence-corrected chi connectivity index (χ2v) is 11.6. The highest BCUT2D eigenvalue weighted by atomic mass is 16.7. The lowest BCUT2D eigenvalue weighted by atomic mass is 9.72. The summed E-state index contributed by atoms with van der Waals surface area (Å²) in [4.78, 5) is 11.4. The highest BCUT2D eigenvalue weighted by Crippen LogP contribution is 2.37. The molecule has 4 aliphatic rings. The molecule has 4 rings (SSSR count). The summed E-state index contributed by atoms with van der Waals surface area (Å²) in [6.07, 6.45) is 0.428. The molecule has 11 unspecified atom stereocenters. The maximum absolute atomic E-state index is 11.7. The molecule has 13 heteroatoms. The van der Waals surface area contributed by atoms with E-state index < -0.39 is 60.4 Å². The van der Waals surface area contributed by atoms with Gasteiger partial charge in [0.15, 0.2) is 6.29 Å². The van der Waals surface area contributed by atoms with Crippen molar-refractivity contribution in [3.05, 3.63) is 11.8 Å². The number of aliphatic hydroxyl groups is 3. The second-order valence-electron chi connectivity index (χ2n) is 11.6. The van der Waals surface area contributed by atoms with E-state index in [1.165, 1.54) is 0 Å². The predicted octanol–water partition coefficient (Wildman–Crippen LogP) is -3.42. The van der Waals surface area contributed by atoms with Gasteiger partial charge in [0.1, 0.15) is 29.7 Å². The van der Waals surface area contributed by atoms with Gasteiger partial charge in [-0.15, -0.1) is 0 Å². The summed E-state index contributed by atoms with van der Waals surface area (Å²) in [6, 6.07) is -1.75. The summed E-state index contributed by atoms with van der Waals surface area (Å²) in [7, 11) is 1.62. The lowest BCUT2D eigenvalue weighted by molar-refractivity contribution is -0.297. The van der Waals surface area contributed by atoms with Gasteiger partial charge in [-0.2, -0.15) is 0 Å². The average Bonchev–Trinajstić information content (AvgIpc) is 2.85. The molecule has 218 valence electrons. The van der Waals surface area contributed by atoms with Crippen LogP contribution in [0.15, 0.2) is 11.8 Å². The molecule has 2 aliphatic carbocycles. The third kappa shape index (κ3) is 6.17. The Bertz CT molecular complexity index is 828. The maximum atomic E-state index is 11.7. The van der Waals surface area contributed by atoms with E-state index in [0.717, 1.165) is 19.4 Å². The van der Waals surface area contributed by atoms with E-state index in [1.54, 1.807) is 14.0 Å². The smallest absolute Gasteiger partial charge is 0.207 e. The van der Waals surface area contributed by atoms with E-state index in [0.29, 0.717) is 30.9 Å². The van der Waals surface area contributed by atoms with Crippen molar-refractivity contribution in [3.8, 4) is 0 Å². The molecule has 12 N–H and O–H groups in total. The van der Waals surface area contributed by atoms with E-state index in [-0.39, 0.29) is 25.2 Å². The molecule has 1 saturated heterocycles. The van der Waals surface area contributed by atoms with Gasteiger partial charge in [-0.1, -0.05) is 0 Å². The SMILES string of the molecule is CNC1C(O)C(OC2C(NC=O)CC(N)C(C3OC(CN)=CCC3NCC3CC(N)C3)C2O)OCC1(C)O. The van der Waals surface area contributed by atoms with Gasteiger partial charge in [-0.3, -0.25) is 4.79 Å². The number of ether oxygens (including phenoxy) is 3. The molecule has 2 heterocycles. The first-order valence-electron chi connectivity index (χ1n) is 13.6. The number of rotatable bonds is 10. The van der Waals surface area contributed by atoms with Gasteiger partial charge in [-0.05, 0) is 58.2 Å². The predicted molar refractivity (Wildman–Crippen MR) is 138 cm³/mol. The molecule has 38 heavy (non-hydrogen) atoms. The van der Waals surface area contributed by atoms with E-state index in [9.17, 15) is 20.1 Å². The third-order valence-electron chi connectivity index (χ3n) is 8.67. The summed E-state index contributed by atoms with van der Waals surface area (Å²) >= 11 is 0. The Hall–Kier alpha value is -1.39. The number of likely N-dealkylation sites (N-methyl/N-ethyl adjacent to an activating group) is 1. The Kier molecular flexibility index (Phi) is 9.67. The van der Waals surface area contributed by atoms with Crippen molar-refractivity contribution in [2.75, 3.05) is 26.7 Å². The molecule has 0 radical (unpaired) electrons. The number of hydrogen-bond donors (Lipinski definition) is 9. The molecule has 0 aromatic carbocycles. The molecule has 0 aromatic rings. The average molecular weight is 543 g/mol. The van der Waals surface area contributed by atoms with Crippen molar-refractivity contribution in [1.82, 2.24) is 16.0 Å². The van der Waals surface area contributed by atoms with Crippen molar-refractivity contribution < 1.29 is 34.3 Å². The standard InChI is InChI=1S/C25H46N6O7/c1-25(35)10-36-24(20(34)23(25)29-2)38-22-17(31-11-32)7-15(28)18(19(22)33)21-16(4-3-14(8-26)37-21)30-9-12-5-13(27)6-12/h3,11-13,15-24,29-30,33-35H,4-10,26-28H2,1-2H3,(H,31,32). The molecule has 2 saturated carbocycles. The Morgan fingerprint density at radius 1 is 1.21 bits per heavy atom. The van der Waals surface area contributed by atoms with Gasteiger partial charge in [0.25, 0.3) is 0 Å². The zero-order valence-corrected chi connectivity index (χ0v) is 22.2. The number of carbonyl (C=O) groups is 1. The largest absolute Gasteiger partial charge is 0.492 e. The highest BCUT2D eigenvalue weighted by Gasteiger charge is 2.53. The third-order valence-corrected chi connectivity index (χ3v) is 8.67. The fourth-order valence-corrected chi connectivity index (χ4v) is 6.53. The Morgan fingerprint density at radius 3 is 2.58 bits per heavy atom. The van der Waals surface area contributed by atoms with Crippen LogP contribution >= 0.6 is 0 Å². The van der Waals surface area contributed by atoms with Crippen LogP contribution in [-0.2, 0) is 19.0 Å². The molecular weight excluding hydrogens is 496 g/mol. The molecule has 2 aliphatic heterocycles. The van der Waals surface area contributed by atoms with Crippen LogP contribution in [-0.4, -0.2) is 115 Å². The van der Waals surface area contributed by atoms with Crippen molar-refractivity contribution in [1.29, 1.82) is 0 Å². The molecule has 3 fully saturated rings. The monoisotopic (exact) mass is 542 g/mol. The van der Waals surface area contributed by atoms with Crippen LogP contribution in [0, 0.1) is 11.8 Å². The molecule has 0 aromatic heterocycles. The fourth-order valence-electron chi connectivity index (χ4n) is 6.53. The topological polar surface area (TPSA) is 220 Å². The summed E-state index contributed by atoms with van der Waals surface area (Å²) < 4.78 is 18.1. The zero-order chi connectivity index (χ0) is 27.6. The molecule has 13 nitrogen and oxygen atoms in total. The minimum absolute atomic E-state index is 0.0923. The van der Waals surface area contributed by atoms with E-state index >= 15 is 0 Å². The van der Waals surface area contributed by atoms with Gasteiger partial charge < -0.3 is 62.7 Å². The first-order valence-corrected chi connectivity index (χ1v) is 13.6. The van der Waals surface area contributed by atoms with Crippen molar-refractivity contribution >= 4 is 6.41 Å². The van der Waals surface area contributed by atoms with E-state index in [1.807, 2.05) is 6.08 Å². The Labute approximate surface area is 223 Å². The molecule has 11 atom stereocenters. The lowest BCUT2D eigenvalue weighted by Gasteiger charge is -2.50. The Balaban J connectivity index is 1.53. The summed E-state index contributed by atoms with van der Waals surface area (Å²) in [5.41, 5.74) is 17.1. The number of hydrogen-bond acceptors (Lipinski definition) is 12. The fraction of sp³-hybridized carbons (Fsp3) is 0.880. The Morgan fingerprint density at radius 2 is 1.95 bits per heavy atom. The zero-order valence-electron chi connectivity index (χ0n) is 22.2. The lowest BCUT2D eigenvalue weighted by Crippen LogP contribution is -2.69. The van der Waals surface area contributed by atoms with Gasteiger partial charge in [0.2, 0.25) is 6.41 Å². The summed E-state index contributed by atoms with van der Waals surface area (Å²) in [5, 5.41) is 42.4. The van der Waals surface area contributed by atoms with Crippen molar-refractivity contribution in [2.45, 2.75) is 99.1 Å². The van der Waals surface area contributed by atoms with E-state index in [4.69, 9.17) is 31.4 Å². The van der Waals surface area contributed by atoms with Crippen LogP contribution < -0.4 is 33.2 Å². The van der Waals surface area contributed by atoms with Crippen LogP contribution in [0.3, 0.4) is 0 Å². The normalized spacial score (nSPS) is 47.4. The van der Waals surface area contributed by atoms with Crippen molar-refractivity contribution in [2.24, 2.45) is 29.0 Å². The van der Waals surface area contributed by atoms with E-state index in [2.05, 4.69) is 16.0 Å². The van der Waals surface area contributed by atoms with Gasteiger partial charge in [0, 0.05) is 24.0 Å². The van der Waals surface area contributed by atoms with Gasteiger partial charge in [0.05, 0.1) is 31.3 Å². The molecule has 0 spiro atoms. The maximum Gasteiger partial charge on any atom is 0.207 e. The first-order chi connectivity index (χ1) is 18.1. The summed E-state index contributed by atoms with van der Waals surface area (Å²) in [5.74, 6) is 0.564. The minimum Gasteiger partial charge on any atom is -0.492 e. The van der Waals surface area contributed by atoms with Crippen LogP contribution in [0.2, 0.25) is 0 Å².